The maximum atomic E-state index is 13.7. The summed E-state index contributed by atoms with van der Waals surface area (Å²) in [5, 5.41) is 16.3. The molecule has 5 amide bonds. The summed E-state index contributed by atoms with van der Waals surface area (Å²) in [7, 11) is 0. The molecular weight excluding hydrogens is 632 g/mol. The van der Waals surface area contributed by atoms with E-state index in [1.807, 2.05) is 55.5 Å². The fourth-order valence-electron chi connectivity index (χ4n) is 6.21. The molecule has 0 bridgehead atoms. The van der Waals surface area contributed by atoms with Gasteiger partial charge in [0.25, 0.3) is 5.91 Å². The first-order chi connectivity index (χ1) is 22.9. The number of pyridine rings is 1. The first kappa shape index (κ1) is 32.8. The topological polar surface area (TPSA) is 144 Å². The Morgan fingerprint density at radius 1 is 1.10 bits per heavy atom. The quantitative estimate of drug-likeness (QED) is 0.184. The molecule has 12 nitrogen and oxygen atoms in total. The Balaban J connectivity index is 1.18. The number of benzene rings is 2. The van der Waals surface area contributed by atoms with Gasteiger partial charge in [-0.2, -0.15) is 0 Å². The van der Waals surface area contributed by atoms with Crippen molar-refractivity contribution in [2.75, 3.05) is 29.9 Å². The summed E-state index contributed by atoms with van der Waals surface area (Å²) in [4.78, 5) is 62.1. The molecule has 0 radical (unpaired) electrons. The number of carbonyl (C=O) groups excluding carboxylic acids is 3. The molecule has 2 aliphatic rings. The van der Waals surface area contributed by atoms with Gasteiger partial charge in [-0.15, -0.1) is 11.3 Å². The number of amides is 5. The first-order valence-corrected chi connectivity index (χ1v) is 16.7. The second-order valence-corrected chi connectivity index (χ2v) is 14.0. The number of rotatable bonds is 8. The largest absolute Gasteiger partial charge is 0.465 e. The van der Waals surface area contributed by atoms with Crippen LogP contribution in [0.4, 0.5) is 26.7 Å². The van der Waals surface area contributed by atoms with Crippen molar-refractivity contribution in [2.24, 2.45) is 0 Å². The summed E-state index contributed by atoms with van der Waals surface area (Å²) < 4.78 is 5.98. The van der Waals surface area contributed by atoms with Gasteiger partial charge >= 0.3 is 12.1 Å². The molecule has 48 heavy (non-hydrogen) atoms. The van der Waals surface area contributed by atoms with Crippen molar-refractivity contribution < 1.29 is 29.0 Å². The van der Waals surface area contributed by atoms with Gasteiger partial charge in [0.2, 0.25) is 5.91 Å². The molecule has 3 N–H and O–H groups in total. The second-order valence-electron chi connectivity index (χ2n) is 13.0. The van der Waals surface area contributed by atoms with Crippen LogP contribution in [0.5, 0.6) is 11.5 Å². The fraction of sp³-hybridized carbons (Fsp3) is 0.343. The van der Waals surface area contributed by atoms with E-state index in [2.05, 4.69) is 15.6 Å². The molecule has 2 aromatic carbocycles. The Bertz CT molecular complexity index is 1890. The zero-order chi connectivity index (χ0) is 34.2. The number of piperidine rings is 1. The van der Waals surface area contributed by atoms with Gasteiger partial charge in [0.05, 0.1) is 22.4 Å². The third kappa shape index (κ3) is 6.63. The molecule has 13 heteroatoms. The molecule has 1 atom stereocenters. The minimum atomic E-state index is -1.07. The van der Waals surface area contributed by atoms with E-state index in [4.69, 9.17) is 4.74 Å². The maximum Gasteiger partial charge on any atom is 0.407 e. The smallest absolute Gasteiger partial charge is 0.407 e. The molecular formula is C35H38N6O6S. The summed E-state index contributed by atoms with van der Waals surface area (Å²) in [6.07, 6.45) is 2.00. The van der Waals surface area contributed by atoms with Crippen LogP contribution in [0.25, 0.3) is 10.2 Å². The highest BCUT2D eigenvalue weighted by Gasteiger charge is 2.35. The number of ether oxygens (including phenoxy) is 1. The minimum Gasteiger partial charge on any atom is -0.465 e. The van der Waals surface area contributed by atoms with Gasteiger partial charge in [-0.1, -0.05) is 18.2 Å². The van der Waals surface area contributed by atoms with E-state index in [0.717, 1.165) is 5.56 Å². The number of para-hydroxylation sites is 1. The van der Waals surface area contributed by atoms with Crippen LogP contribution < -0.4 is 20.3 Å². The highest BCUT2D eigenvalue weighted by molar-refractivity contribution is 7.21. The van der Waals surface area contributed by atoms with Gasteiger partial charge in [-0.05, 0) is 82.5 Å². The fourth-order valence-corrected chi connectivity index (χ4v) is 7.23. The van der Waals surface area contributed by atoms with Crippen LogP contribution in [0, 0.1) is 6.92 Å². The number of nitrogens with zero attached hydrogens (tertiary/aromatic N) is 4. The number of urea groups is 1. The number of anilines is 3. The Labute approximate surface area is 282 Å². The van der Waals surface area contributed by atoms with E-state index in [9.17, 15) is 24.3 Å². The molecule has 6 rings (SSSR count). The molecule has 250 valence electrons. The van der Waals surface area contributed by atoms with E-state index in [0.29, 0.717) is 69.6 Å². The maximum absolute atomic E-state index is 13.7. The van der Waals surface area contributed by atoms with Gasteiger partial charge in [0, 0.05) is 43.8 Å². The average molecular weight is 671 g/mol. The van der Waals surface area contributed by atoms with E-state index >= 15 is 0 Å². The van der Waals surface area contributed by atoms with Crippen molar-refractivity contribution in [1.29, 1.82) is 0 Å². The molecule has 1 fully saturated rings. The van der Waals surface area contributed by atoms with Gasteiger partial charge in [0.1, 0.15) is 21.2 Å². The number of aryl methyl sites for hydroxylation is 1. The number of likely N-dealkylation sites (tertiary alicyclic amines) is 1. The molecule has 2 aromatic heterocycles. The third-order valence-corrected chi connectivity index (χ3v) is 9.64. The highest BCUT2D eigenvalue weighted by atomic mass is 32.1. The molecule has 0 spiro atoms. The van der Waals surface area contributed by atoms with Gasteiger partial charge < -0.3 is 30.3 Å². The van der Waals surface area contributed by atoms with Gasteiger partial charge in [-0.25, -0.2) is 14.6 Å². The van der Waals surface area contributed by atoms with Crippen molar-refractivity contribution >= 4 is 62.6 Å². The molecule has 1 saturated heterocycles. The summed E-state index contributed by atoms with van der Waals surface area (Å²) >= 11 is 1.20. The molecule has 2 aliphatic heterocycles. The zero-order valence-electron chi connectivity index (χ0n) is 27.3. The Morgan fingerprint density at radius 2 is 1.88 bits per heavy atom. The molecule has 1 unspecified atom stereocenters. The van der Waals surface area contributed by atoms with Crippen LogP contribution in [-0.4, -0.2) is 75.0 Å². The van der Waals surface area contributed by atoms with Gasteiger partial charge in [0.15, 0.2) is 0 Å². The lowest BCUT2D eigenvalue weighted by atomic mass is 10.0. The summed E-state index contributed by atoms with van der Waals surface area (Å²) in [5.74, 6) is 0.846. The molecule has 4 aromatic rings. The predicted molar refractivity (Wildman–Crippen MR) is 185 cm³/mol. The summed E-state index contributed by atoms with van der Waals surface area (Å²) in [5.41, 5.74) is 1.90. The van der Waals surface area contributed by atoms with Crippen LogP contribution >= 0.6 is 11.3 Å². The lowest BCUT2D eigenvalue weighted by Crippen LogP contribution is -2.51. The monoisotopic (exact) mass is 670 g/mol. The number of hydrogen-bond acceptors (Lipinski definition) is 7. The molecule has 0 saturated carbocycles. The van der Waals surface area contributed by atoms with Gasteiger partial charge in [-0.3, -0.25) is 14.5 Å². The van der Waals surface area contributed by atoms with E-state index < -0.39 is 17.7 Å². The lowest BCUT2D eigenvalue weighted by Gasteiger charge is -2.36. The normalized spacial score (nSPS) is 16.0. The van der Waals surface area contributed by atoms with E-state index in [1.54, 1.807) is 42.8 Å². The van der Waals surface area contributed by atoms with Crippen LogP contribution in [0.15, 0.2) is 60.8 Å². The van der Waals surface area contributed by atoms with Crippen molar-refractivity contribution in [2.45, 2.75) is 58.5 Å². The summed E-state index contributed by atoms with van der Waals surface area (Å²) in [6, 6.07) is 16.0. The van der Waals surface area contributed by atoms with Crippen molar-refractivity contribution in [3.8, 4) is 11.5 Å². The number of aromatic nitrogens is 1. The first-order valence-electron chi connectivity index (χ1n) is 15.9. The zero-order valence-corrected chi connectivity index (χ0v) is 28.1. The standard InChI is InChI=1S/C35H38N6O6S/c1-21-19-24(47-23-10-6-5-7-11-23)12-13-25(21)41-26-14-16-36-32-28(26)29(38-33(41)44)30(48-32)31(43)37-22-9-8-17-39(20-22)27(42)15-18-40(34(45)46)35(2,3)4/h5-7,10-14,16,19,22H,8-9,15,17-18,20H2,1-4H3,(H,37,43)(H,38,44)(H,45,46). The second kappa shape index (κ2) is 13.1. The Kier molecular flexibility index (Phi) is 8.97. The number of carbonyl (C=O) groups is 4. The van der Waals surface area contributed by atoms with Crippen LogP contribution in [-0.2, 0) is 4.79 Å². The number of thiophene rings is 1. The molecule has 4 heterocycles. The predicted octanol–water partition coefficient (Wildman–Crippen LogP) is 6.97. The average Bonchev–Trinajstić information content (AvgIpc) is 3.41. The Hall–Kier alpha value is -5.17. The lowest BCUT2D eigenvalue weighted by molar-refractivity contribution is -0.132. The summed E-state index contributed by atoms with van der Waals surface area (Å²) in [6.45, 7) is 8.23. The van der Waals surface area contributed by atoms with E-state index in [1.165, 1.54) is 16.2 Å². The van der Waals surface area contributed by atoms with Crippen molar-refractivity contribution in [3.05, 3.63) is 71.2 Å². The van der Waals surface area contributed by atoms with Crippen molar-refractivity contribution in [1.82, 2.24) is 20.1 Å². The number of nitrogens with one attached hydrogen (secondary N) is 2. The molecule has 0 aliphatic carbocycles. The SMILES string of the molecule is Cc1cc(Oc2ccccc2)ccc1N1C(=O)Nc2c(C(=O)NC3CCCN(C(=O)CCN(C(=O)O)C(C)(C)C)C3)sc3nccc1c23. The number of carboxylic acid groups (broad SMARTS) is 1. The Morgan fingerprint density at radius 3 is 2.58 bits per heavy atom. The van der Waals surface area contributed by atoms with Crippen LogP contribution in [0.2, 0.25) is 0 Å². The van der Waals surface area contributed by atoms with Crippen LogP contribution in [0.1, 0.15) is 55.3 Å². The van der Waals surface area contributed by atoms with Crippen molar-refractivity contribution in [3.63, 3.8) is 0 Å². The van der Waals surface area contributed by atoms with E-state index in [-0.39, 0.29) is 30.8 Å². The minimum absolute atomic E-state index is 0.0595. The highest BCUT2D eigenvalue weighted by Crippen LogP contribution is 2.46. The van der Waals surface area contributed by atoms with Crippen LogP contribution in [0.3, 0.4) is 0 Å². The number of hydrogen-bond donors (Lipinski definition) is 3. The third-order valence-electron chi connectivity index (χ3n) is 8.54.